The number of halogens is 2. The standard InChI is InChI=1S/C15H10F2N2OS3/c16-15(17)23-12-4-2-1-3-10(12)18-13(20)11-8-22-14(19-11)9-5-6-21-7-9/h1-8,15H,(H,18,20). The lowest BCUT2D eigenvalue weighted by molar-refractivity contribution is 0.102. The van der Waals surface area contributed by atoms with Crippen molar-refractivity contribution in [1.82, 2.24) is 4.98 Å². The summed E-state index contributed by atoms with van der Waals surface area (Å²) >= 11 is 3.33. The quantitative estimate of drug-likeness (QED) is 0.610. The van der Waals surface area contributed by atoms with Gasteiger partial charge in [-0.05, 0) is 23.6 Å². The van der Waals surface area contributed by atoms with Gasteiger partial charge in [0.2, 0.25) is 0 Å². The first-order valence-electron chi connectivity index (χ1n) is 6.47. The fourth-order valence-electron chi connectivity index (χ4n) is 1.85. The van der Waals surface area contributed by atoms with E-state index in [-0.39, 0.29) is 5.69 Å². The highest BCUT2D eigenvalue weighted by Gasteiger charge is 2.15. The number of thiazole rings is 1. The second-order valence-electron chi connectivity index (χ2n) is 4.38. The predicted octanol–water partition coefficient (Wildman–Crippen LogP) is 5.44. The Balaban J connectivity index is 1.77. The molecule has 3 rings (SSSR count). The molecule has 0 aliphatic heterocycles. The van der Waals surface area contributed by atoms with Gasteiger partial charge in [0.15, 0.2) is 0 Å². The van der Waals surface area contributed by atoms with E-state index in [2.05, 4.69) is 10.3 Å². The van der Waals surface area contributed by atoms with Crippen molar-refractivity contribution in [3.8, 4) is 10.6 Å². The Morgan fingerprint density at radius 3 is 2.78 bits per heavy atom. The molecule has 0 spiro atoms. The van der Waals surface area contributed by atoms with Crippen molar-refractivity contribution in [1.29, 1.82) is 0 Å². The average molecular weight is 368 g/mol. The number of thioether (sulfide) groups is 1. The minimum absolute atomic E-state index is 0.271. The van der Waals surface area contributed by atoms with E-state index in [0.29, 0.717) is 22.3 Å². The van der Waals surface area contributed by atoms with E-state index in [1.807, 2.05) is 16.8 Å². The number of carbonyl (C=O) groups excluding carboxylic acids is 1. The molecule has 2 aromatic heterocycles. The summed E-state index contributed by atoms with van der Waals surface area (Å²) in [6.45, 7) is 0. The van der Waals surface area contributed by atoms with Crippen LogP contribution in [0, 0.1) is 0 Å². The van der Waals surface area contributed by atoms with Gasteiger partial charge in [-0.2, -0.15) is 20.1 Å². The summed E-state index contributed by atoms with van der Waals surface area (Å²) < 4.78 is 25.1. The number of aromatic nitrogens is 1. The smallest absolute Gasteiger partial charge is 0.288 e. The molecule has 0 radical (unpaired) electrons. The molecular formula is C15H10F2N2OS3. The molecule has 1 N–H and O–H groups in total. The second-order valence-corrected chi connectivity index (χ2v) is 7.05. The van der Waals surface area contributed by atoms with Crippen LogP contribution in [0.4, 0.5) is 14.5 Å². The molecule has 118 valence electrons. The summed E-state index contributed by atoms with van der Waals surface area (Å²) in [4.78, 5) is 16.9. The number of alkyl halides is 2. The third-order valence-electron chi connectivity index (χ3n) is 2.86. The number of para-hydroxylation sites is 1. The molecule has 2 heterocycles. The summed E-state index contributed by atoms with van der Waals surface area (Å²) in [5.41, 5.74) is 1.59. The van der Waals surface area contributed by atoms with Crippen LogP contribution in [0.15, 0.2) is 51.4 Å². The third kappa shape index (κ3) is 3.95. The zero-order valence-corrected chi connectivity index (χ0v) is 14.0. The fourth-order valence-corrected chi connectivity index (χ4v) is 3.96. The van der Waals surface area contributed by atoms with Crippen LogP contribution in [-0.2, 0) is 0 Å². The normalized spacial score (nSPS) is 10.9. The van der Waals surface area contributed by atoms with Gasteiger partial charge < -0.3 is 5.32 Å². The van der Waals surface area contributed by atoms with Gasteiger partial charge in [-0.1, -0.05) is 23.9 Å². The lowest BCUT2D eigenvalue weighted by Gasteiger charge is -2.09. The topological polar surface area (TPSA) is 42.0 Å². The minimum Gasteiger partial charge on any atom is -0.320 e. The molecule has 0 atom stereocenters. The molecule has 0 fully saturated rings. The number of nitrogens with one attached hydrogen (secondary N) is 1. The number of nitrogens with zero attached hydrogens (tertiary/aromatic N) is 1. The Labute approximate surface area is 143 Å². The highest BCUT2D eigenvalue weighted by molar-refractivity contribution is 7.99. The highest BCUT2D eigenvalue weighted by atomic mass is 32.2. The molecule has 0 unspecified atom stereocenters. The maximum absolute atomic E-state index is 12.6. The molecular weight excluding hydrogens is 358 g/mol. The molecule has 8 heteroatoms. The van der Waals surface area contributed by atoms with Gasteiger partial charge in [-0.15, -0.1) is 11.3 Å². The highest BCUT2D eigenvalue weighted by Crippen LogP contribution is 2.32. The third-order valence-corrected chi connectivity index (χ3v) is 5.22. The molecule has 0 saturated heterocycles. The predicted molar refractivity (Wildman–Crippen MR) is 91.7 cm³/mol. The van der Waals surface area contributed by atoms with Gasteiger partial charge in [0, 0.05) is 21.2 Å². The van der Waals surface area contributed by atoms with Crippen LogP contribution < -0.4 is 5.32 Å². The molecule has 0 bridgehead atoms. The number of benzene rings is 1. The molecule has 23 heavy (non-hydrogen) atoms. The van der Waals surface area contributed by atoms with Crippen LogP contribution in [0.25, 0.3) is 10.6 Å². The van der Waals surface area contributed by atoms with Crippen molar-refractivity contribution < 1.29 is 13.6 Å². The average Bonchev–Trinajstić information content (AvgIpc) is 3.19. The van der Waals surface area contributed by atoms with E-state index < -0.39 is 11.7 Å². The van der Waals surface area contributed by atoms with Crippen molar-refractivity contribution in [3.05, 3.63) is 52.2 Å². The van der Waals surface area contributed by atoms with Crippen LogP contribution in [0.3, 0.4) is 0 Å². The summed E-state index contributed by atoms with van der Waals surface area (Å²) in [7, 11) is 0. The van der Waals surface area contributed by atoms with Gasteiger partial charge in [-0.3, -0.25) is 4.79 Å². The van der Waals surface area contributed by atoms with Crippen LogP contribution in [0.1, 0.15) is 10.5 Å². The zero-order chi connectivity index (χ0) is 16.2. The number of hydrogen-bond donors (Lipinski definition) is 1. The lowest BCUT2D eigenvalue weighted by atomic mass is 10.3. The van der Waals surface area contributed by atoms with Crippen LogP contribution in [0.5, 0.6) is 0 Å². The van der Waals surface area contributed by atoms with Gasteiger partial charge in [-0.25, -0.2) is 4.98 Å². The van der Waals surface area contributed by atoms with E-state index in [1.165, 1.54) is 11.3 Å². The maximum atomic E-state index is 12.6. The fraction of sp³-hybridized carbons (Fsp3) is 0.0667. The maximum Gasteiger partial charge on any atom is 0.288 e. The number of hydrogen-bond acceptors (Lipinski definition) is 5. The van der Waals surface area contributed by atoms with E-state index in [1.54, 1.807) is 41.0 Å². The number of carbonyl (C=O) groups is 1. The van der Waals surface area contributed by atoms with Crippen LogP contribution >= 0.6 is 34.4 Å². The number of rotatable bonds is 5. The number of amides is 1. The zero-order valence-electron chi connectivity index (χ0n) is 11.5. The molecule has 1 aromatic carbocycles. The molecule has 3 aromatic rings. The summed E-state index contributed by atoms with van der Waals surface area (Å²) in [6.07, 6.45) is 0. The molecule has 0 aliphatic rings. The molecule has 1 amide bonds. The first kappa shape index (κ1) is 16.1. The van der Waals surface area contributed by atoms with E-state index >= 15 is 0 Å². The van der Waals surface area contributed by atoms with Gasteiger partial charge in [0.1, 0.15) is 10.7 Å². The molecule has 0 saturated carbocycles. The van der Waals surface area contributed by atoms with Crippen molar-refractivity contribution in [2.24, 2.45) is 0 Å². The Morgan fingerprint density at radius 1 is 1.22 bits per heavy atom. The van der Waals surface area contributed by atoms with Gasteiger partial charge >= 0.3 is 0 Å². The van der Waals surface area contributed by atoms with Gasteiger partial charge in [0.25, 0.3) is 11.7 Å². The second kappa shape index (κ2) is 7.20. The Hall–Kier alpha value is -1.77. The van der Waals surface area contributed by atoms with Crippen molar-refractivity contribution in [2.75, 3.05) is 5.32 Å². The molecule has 3 nitrogen and oxygen atoms in total. The first-order valence-corrected chi connectivity index (χ1v) is 9.17. The first-order chi connectivity index (χ1) is 11.1. The van der Waals surface area contributed by atoms with Crippen molar-refractivity contribution >= 4 is 46.0 Å². The Kier molecular flexibility index (Phi) is 5.04. The van der Waals surface area contributed by atoms with Crippen molar-refractivity contribution in [3.63, 3.8) is 0 Å². The van der Waals surface area contributed by atoms with Crippen LogP contribution in [0.2, 0.25) is 0 Å². The summed E-state index contributed by atoms with van der Waals surface area (Å²) in [5, 5.41) is 8.95. The van der Waals surface area contributed by atoms with Gasteiger partial charge in [0.05, 0.1) is 5.69 Å². The van der Waals surface area contributed by atoms with E-state index in [9.17, 15) is 13.6 Å². The summed E-state index contributed by atoms with van der Waals surface area (Å²) in [5.74, 6) is -2.96. The summed E-state index contributed by atoms with van der Waals surface area (Å²) in [6, 6.07) is 8.40. The van der Waals surface area contributed by atoms with Crippen molar-refractivity contribution in [2.45, 2.75) is 10.7 Å². The minimum atomic E-state index is -2.54. The van der Waals surface area contributed by atoms with E-state index in [0.717, 1.165) is 10.6 Å². The SMILES string of the molecule is O=C(Nc1ccccc1SC(F)F)c1csc(-c2ccsc2)n1. The molecule has 0 aliphatic carbocycles. The lowest BCUT2D eigenvalue weighted by Crippen LogP contribution is -2.13. The monoisotopic (exact) mass is 368 g/mol. The largest absolute Gasteiger partial charge is 0.320 e. The number of anilines is 1. The Bertz CT molecular complexity index is 803. The van der Waals surface area contributed by atoms with E-state index in [4.69, 9.17) is 0 Å². The number of thiophene rings is 1. The van der Waals surface area contributed by atoms with Crippen LogP contribution in [-0.4, -0.2) is 16.6 Å². The Morgan fingerprint density at radius 2 is 2.04 bits per heavy atom.